The summed E-state index contributed by atoms with van der Waals surface area (Å²) in [6, 6.07) is 10.8. The number of benzene rings is 2. The third-order valence-corrected chi connectivity index (χ3v) is 5.20. The van der Waals surface area contributed by atoms with Crippen LogP contribution in [0.25, 0.3) is 6.08 Å². The van der Waals surface area contributed by atoms with E-state index in [1.807, 2.05) is 32.9 Å². The molecule has 1 aliphatic heterocycles. The fraction of sp³-hybridized carbons (Fsp3) is 0.227. The van der Waals surface area contributed by atoms with Gasteiger partial charge < -0.3 is 9.47 Å². The Balaban J connectivity index is 2.03. The van der Waals surface area contributed by atoms with Gasteiger partial charge in [-0.05, 0) is 84.8 Å². The number of rotatable bonds is 6. The Hall–Kier alpha value is -2.71. The summed E-state index contributed by atoms with van der Waals surface area (Å²) in [5.41, 5.74) is 2.23. The van der Waals surface area contributed by atoms with Gasteiger partial charge in [-0.25, -0.2) is 0 Å². The first-order valence-electron chi connectivity index (χ1n) is 9.43. The summed E-state index contributed by atoms with van der Waals surface area (Å²) in [7, 11) is 0. The summed E-state index contributed by atoms with van der Waals surface area (Å²) < 4.78 is 12.0. The summed E-state index contributed by atoms with van der Waals surface area (Å²) in [6.45, 7) is 6.62. The predicted octanol–water partition coefficient (Wildman–Crippen LogP) is 4.39. The molecule has 8 heteroatoms. The van der Waals surface area contributed by atoms with Gasteiger partial charge in [-0.2, -0.15) is 0 Å². The maximum Gasteiger partial charge on any atom is 0.270 e. The van der Waals surface area contributed by atoms with Gasteiger partial charge >= 0.3 is 0 Å². The molecular weight excluding hydrogens is 468 g/mol. The molecule has 1 aliphatic rings. The van der Waals surface area contributed by atoms with Gasteiger partial charge in [0.2, 0.25) is 0 Å². The van der Waals surface area contributed by atoms with E-state index in [9.17, 15) is 9.59 Å². The molecule has 30 heavy (non-hydrogen) atoms. The third kappa shape index (κ3) is 4.55. The summed E-state index contributed by atoms with van der Waals surface area (Å²) in [5, 5.41) is 2.64. The van der Waals surface area contributed by atoms with Crippen LogP contribution in [-0.4, -0.2) is 30.1 Å². The van der Waals surface area contributed by atoms with Crippen LogP contribution in [0.15, 0.2) is 46.4 Å². The highest BCUT2D eigenvalue weighted by molar-refractivity contribution is 9.10. The van der Waals surface area contributed by atoms with Gasteiger partial charge in [0.05, 0.1) is 23.4 Å². The maximum atomic E-state index is 13.1. The first-order valence-corrected chi connectivity index (χ1v) is 10.6. The minimum atomic E-state index is -0.545. The van der Waals surface area contributed by atoms with E-state index in [2.05, 4.69) is 21.2 Å². The number of nitrogens with one attached hydrogen (secondary N) is 1. The molecule has 156 valence electrons. The maximum absolute atomic E-state index is 13.1. The molecule has 1 heterocycles. The Morgan fingerprint density at radius 3 is 2.40 bits per heavy atom. The lowest BCUT2D eigenvalue weighted by Gasteiger charge is -2.29. The van der Waals surface area contributed by atoms with Crippen molar-refractivity contribution in [2.24, 2.45) is 0 Å². The molecule has 0 saturated carbocycles. The van der Waals surface area contributed by atoms with Crippen LogP contribution in [0.4, 0.5) is 5.69 Å². The molecule has 0 aliphatic carbocycles. The highest BCUT2D eigenvalue weighted by Gasteiger charge is 2.34. The van der Waals surface area contributed by atoms with Crippen LogP contribution in [0.3, 0.4) is 0 Å². The monoisotopic (exact) mass is 488 g/mol. The van der Waals surface area contributed by atoms with Crippen molar-refractivity contribution in [3.05, 3.63) is 57.6 Å². The summed E-state index contributed by atoms with van der Waals surface area (Å²) >= 11 is 8.72. The highest BCUT2D eigenvalue weighted by Crippen LogP contribution is 2.37. The largest absolute Gasteiger partial charge is 0.490 e. The summed E-state index contributed by atoms with van der Waals surface area (Å²) in [4.78, 5) is 27.0. The number of carbonyl (C=O) groups excluding carboxylic acids is 2. The summed E-state index contributed by atoms with van der Waals surface area (Å²) in [5.74, 6) is 0.0606. The fourth-order valence-electron chi connectivity index (χ4n) is 2.97. The van der Waals surface area contributed by atoms with Crippen LogP contribution in [0.1, 0.15) is 25.0 Å². The first-order chi connectivity index (χ1) is 14.3. The zero-order valence-electron chi connectivity index (χ0n) is 16.8. The van der Waals surface area contributed by atoms with Gasteiger partial charge in [0.1, 0.15) is 5.57 Å². The number of aryl methyl sites for hydroxylation is 1. The van der Waals surface area contributed by atoms with Crippen molar-refractivity contribution in [1.82, 2.24) is 5.32 Å². The normalized spacial score (nSPS) is 15.4. The molecule has 2 aromatic rings. The Kier molecular flexibility index (Phi) is 6.89. The molecule has 6 nitrogen and oxygen atoms in total. The Labute approximate surface area is 189 Å². The number of nitrogens with zero attached hydrogens (tertiary/aromatic N) is 1. The van der Waals surface area contributed by atoms with Crippen LogP contribution in [0, 0.1) is 6.92 Å². The second-order valence-corrected chi connectivity index (χ2v) is 7.73. The molecule has 2 amide bonds. The van der Waals surface area contributed by atoms with Crippen molar-refractivity contribution >= 4 is 56.8 Å². The molecule has 0 bridgehead atoms. The average molecular weight is 489 g/mol. The van der Waals surface area contributed by atoms with Gasteiger partial charge in [-0.1, -0.05) is 17.7 Å². The van der Waals surface area contributed by atoms with Crippen molar-refractivity contribution in [1.29, 1.82) is 0 Å². The van der Waals surface area contributed by atoms with E-state index in [1.54, 1.807) is 24.3 Å². The van der Waals surface area contributed by atoms with E-state index in [0.717, 1.165) is 5.56 Å². The van der Waals surface area contributed by atoms with Gasteiger partial charge in [-0.3, -0.25) is 19.8 Å². The molecule has 0 radical (unpaired) electrons. The second-order valence-electron chi connectivity index (χ2n) is 6.49. The molecule has 1 N–H and O–H groups in total. The lowest BCUT2D eigenvalue weighted by molar-refractivity contribution is -0.122. The molecule has 0 unspecified atom stereocenters. The van der Waals surface area contributed by atoms with Gasteiger partial charge in [0, 0.05) is 0 Å². The Bertz CT molecular complexity index is 1030. The van der Waals surface area contributed by atoms with E-state index in [0.29, 0.717) is 40.4 Å². The van der Waals surface area contributed by atoms with Gasteiger partial charge in [0.15, 0.2) is 16.6 Å². The van der Waals surface area contributed by atoms with E-state index in [-0.39, 0.29) is 10.7 Å². The molecule has 1 fully saturated rings. The van der Waals surface area contributed by atoms with Crippen molar-refractivity contribution < 1.29 is 19.1 Å². The quantitative estimate of drug-likeness (QED) is 0.371. The highest BCUT2D eigenvalue weighted by atomic mass is 79.9. The zero-order chi connectivity index (χ0) is 21.8. The molecule has 0 spiro atoms. The van der Waals surface area contributed by atoms with E-state index >= 15 is 0 Å². The van der Waals surface area contributed by atoms with Crippen molar-refractivity contribution in [3.63, 3.8) is 0 Å². The third-order valence-electron chi connectivity index (χ3n) is 4.33. The minimum Gasteiger partial charge on any atom is -0.490 e. The molecule has 0 aromatic heterocycles. The lowest BCUT2D eigenvalue weighted by Crippen LogP contribution is -2.54. The minimum absolute atomic E-state index is 0.0253. The van der Waals surface area contributed by atoms with Crippen molar-refractivity contribution in [2.45, 2.75) is 20.8 Å². The van der Waals surface area contributed by atoms with E-state index in [1.165, 1.54) is 11.0 Å². The molecule has 3 rings (SSSR count). The zero-order valence-corrected chi connectivity index (χ0v) is 19.2. The number of anilines is 1. The molecule has 2 aromatic carbocycles. The number of halogens is 1. The number of carbonyl (C=O) groups is 2. The van der Waals surface area contributed by atoms with Gasteiger partial charge in [0.25, 0.3) is 11.8 Å². The van der Waals surface area contributed by atoms with Gasteiger partial charge in [-0.15, -0.1) is 0 Å². The van der Waals surface area contributed by atoms with Crippen LogP contribution in [0.5, 0.6) is 11.5 Å². The van der Waals surface area contributed by atoms with Crippen LogP contribution < -0.4 is 19.7 Å². The smallest absolute Gasteiger partial charge is 0.270 e. The number of hydrogen-bond donors (Lipinski definition) is 1. The van der Waals surface area contributed by atoms with Crippen LogP contribution >= 0.6 is 28.1 Å². The molecule has 0 atom stereocenters. The summed E-state index contributed by atoms with van der Waals surface area (Å²) in [6.07, 6.45) is 1.52. The number of amides is 2. The second kappa shape index (κ2) is 9.40. The molecule has 1 saturated heterocycles. The fourth-order valence-corrected chi connectivity index (χ4v) is 3.83. The van der Waals surface area contributed by atoms with Crippen molar-refractivity contribution in [2.75, 3.05) is 18.1 Å². The number of thiocarbonyl (C=S) groups is 1. The van der Waals surface area contributed by atoms with E-state index in [4.69, 9.17) is 21.7 Å². The lowest BCUT2D eigenvalue weighted by atomic mass is 10.1. The Morgan fingerprint density at radius 2 is 1.77 bits per heavy atom. The average Bonchev–Trinajstić information content (AvgIpc) is 2.69. The Morgan fingerprint density at radius 1 is 1.10 bits per heavy atom. The molecular formula is C22H21BrN2O4S. The topological polar surface area (TPSA) is 67.9 Å². The predicted molar refractivity (Wildman–Crippen MR) is 124 cm³/mol. The standard InChI is InChI=1S/C22H21BrN2O4S/c1-4-28-18-12-14(11-17(23)19(18)29-5-2)10-16-20(26)24-22(30)25(21(16)27)15-8-6-13(3)7-9-15/h6-12H,4-5H2,1-3H3,(H,24,26,30)/b16-10-. The van der Waals surface area contributed by atoms with Crippen molar-refractivity contribution in [3.8, 4) is 11.5 Å². The number of hydrogen-bond acceptors (Lipinski definition) is 5. The van der Waals surface area contributed by atoms with Crippen LogP contribution in [-0.2, 0) is 9.59 Å². The number of ether oxygens (including phenoxy) is 2. The van der Waals surface area contributed by atoms with E-state index < -0.39 is 11.8 Å². The first kappa shape index (κ1) is 22.0. The SMILES string of the molecule is CCOc1cc(/C=C2/C(=O)NC(=S)N(c3ccc(C)cc3)C2=O)cc(Br)c1OCC. The van der Waals surface area contributed by atoms with Crippen LogP contribution in [0.2, 0.25) is 0 Å².